The number of hydrogen-bond acceptors (Lipinski definition) is 2. The highest BCUT2D eigenvalue weighted by Crippen LogP contribution is 2.45. The van der Waals surface area contributed by atoms with Crippen LogP contribution in [0.2, 0.25) is 0 Å². The fourth-order valence-electron chi connectivity index (χ4n) is 2.91. The second-order valence-electron chi connectivity index (χ2n) is 5.72. The van der Waals surface area contributed by atoms with Crippen molar-refractivity contribution in [2.75, 3.05) is 0 Å². The van der Waals surface area contributed by atoms with Crippen molar-refractivity contribution in [1.82, 2.24) is 0 Å². The molecule has 0 amide bonds. The van der Waals surface area contributed by atoms with Gasteiger partial charge in [0.05, 0.1) is 0 Å². The Balaban J connectivity index is 2.00. The van der Waals surface area contributed by atoms with Gasteiger partial charge in [0.1, 0.15) is 11.6 Å². The third kappa shape index (κ3) is 2.77. The summed E-state index contributed by atoms with van der Waals surface area (Å²) in [5.74, 6) is 2.59. The number of aromatic hydroxyl groups is 1. The zero-order valence-corrected chi connectivity index (χ0v) is 14.0. The van der Waals surface area contributed by atoms with Crippen LogP contribution in [0, 0.1) is 18.2 Å². The highest BCUT2D eigenvalue weighted by molar-refractivity contribution is 7.23. The lowest BCUT2D eigenvalue weighted by Gasteiger charge is -2.06. The molecule has 0 atom stereocenters. The molecule has 3 heteroatoms. The largest absolute Gasteiger partial charge is 0.508 e. The van der Waals surface area contributed by atoms with Crippen molar-refractivity contribution in [3.63, 3.8) is 0 Å². The molecular formula is C22H13FOS. The zero-order valence-electron chi connectivity index (χ0n) is 13.2. The van der Waals surface area contributed by atoms with Gasteiger partial charge in [0, 0.05) is 26.1 Å². The van der Waals surface area contributed by atoms with Gasteiger partial charge in [-0.3, -0.25) is 0 Å². The van der Waals surface area contributed by atoms with E-state index in [9.17, 15) is 9.50 Å². The van der Waals surface area contributed by atoms with Crippen molar-refractivity contribution in [1.29, 1.82) is 0 Å². The van der Waals surface area contributed by atoms with Crippen molar-refractivity contribution in [2.24, 2.45) is 0 Å². The predicted octanol–water partition coefficient (Wildman–Crippen LogP) is 6.06. The Bertz CT molecular complexity index is 1100. The van der Waals surface area contributed by atoms with Gasteiger partial charge >= 0.3 is 0 Å². The lowest BCUT2D eigenvalue weighted by Crippen LogP contribution is -1.82. The molecule has 0 aliphatic heterocycles. The topological polar surface area (TPSA) is 20.2 Å². The fraction of sp³-hybridized carbons (Fsp3) is 0. The second-order valence-corrected chi connectivity index (χ2v) is 6.77. The molecule has 0 saturated heterocycles. The highest BCUT2D eigenvalue weighted by atomic mass is 32.1. The number of phenols is 1. The van der Waals surface area contributed by atoms with Gasteiger partial charge < -0.3 is 5.11 Å². The van der Waals surface area contributed by atoms with Gasteiger partial charge in [-0.1, -0.05) is 30.2 Å². The Morgan fingerprint density at radius 3 is 2.24 bits per heavy atom. The Labute approximate surface area is 149 Å². The molecule has 4 rings (SSSR count). The number of thiophene rings is 1. The van der Waals surface area contributed by atoms with Gasteiger partial charge in [0.25, 0.3) is 0 Å². The molecule has 1 N–H and O–H groups in total. The van der Waals surface area contributed by atoms with Gasteiger partial charge in [-0.15, -0.1) is 17.8 Å². The third-order valence-corrected chi connectivity index (χ3v) is 5.32. The number of fused-ring (bicyclic) bond motifs is 1. The lowest BCUT2D eigenvalue weighted by atomic mass is 9.98. The number of phenolic OH excluding ortho intramolecular Hbond substituents is 1. The van der Waals surface area contributed by atoms with Crippen molar-refractivity contribution in [3.8, 4) is 39.7 Å². The molecule has 0 aliphatic carbocycles. The quantitative estimate of drug-likeness (QED) is 0.438. The maximum atomic E-state index is 13.4. The summed E-state index contributed by atoms with van der Waals surface area (Å²) in [4.78, 5) is 1.07. The summed E-state index contributed by atoms with van der Waals surface area (Å²) in [6.07, 6.45) is 5.44. The van der Waals surface area contributed by atoms with Crippen LogP contribution in [-0.4, -0.2) is 5.11 Å². The molecular weight excluding hydrogens is 331 g/mol. The SMILES string of the molecule is C#Cc1ccc(-c2sc3cc(O)ccc3c2-c2ccc(F)cc2)cc1. The van der Waals surface area contributed by atoms with E-state index in [2.05, 4.69) is 5.92 Å². The minimum atomic E-state index is -0.263. The van der Waals surface area contributed by atoms with Crippen LogP contribution >= 0.6 is 11.3 Å². The zero-order chi connectivity index (χ0) is 17.4. The summed E-state index contributed by atoms with van der Waals surface area (Å²) >= 11 is 1.60. The van der Waals surface area contributed by atoms with Crippen LogP contribution in [0.5, 0.6) is 5.75 Å². The van der Waals surface area contributed by atoms with Crippen molar-refractivity contribution in [2.45, 2.75) is 0 Å². The van der Waals surface area contributed by atoms with Crippen LogP contribution < -0.4 is 0 Å². The number of terminal acetylenes is 1. The minimum absolute atomic E-state index is 0.230. The molecule has 25 heavy (non-hydrogen) atoms. The molecule has 0 spiro atoms. The number of hydrogen-bond donors (Lipinski definition) is 1. The molecule has 0 fully saturated rings. The van der Waals surface area contributed by atoms with E-state index in [1.807, 2.05) is 30.3 Å². The third-order valence-electron chi connectivity index (χ3n) is 4.12. The summed E-state index contributed by atoms with van der Waals surface area (Å²) in [6.45, 7) is 0. The van der Waals surface area contributed by atoms with E-state index in [0.29, 0.717) is 0 Å². The average Bonchev–Trinajstić information content (AvgIpc) is 3.01. The molecule has 0 aliphatic rings. The summed E-state index contributed by atoms with van der Waals surface area (Å²) in [6, 6.07) is 19.6. The Morgan fingerprint density at radius 1 is 0.880 bits per heavy atom. The Morgan fingerprint density at radius 2 is 1.56 bits per heavy atom. The smallest absolute Gasteiger partial charge is 0.123 e. The van der Waals surface area contributed by atoms with Crippen LogP contribution in [0.15, 0.2) is 66.7 Å². The van der Waals surface area contributed by atoms with E-state index in [1.54, 1.807) is 35.6 Å². The molecule has 0 radical (unpaired) electrons. The van der Waals surface area contributed by atoms with Crippen LogP contribution in [0.25, 0.3) is 31.7 Å². The first-order valence-corrected chi connectivity index (χ1v) is 8.56. The number of halogens is 1. The molecule has 4 aromatic rings. The maximum Gasteiger partial charge on any atom is 0.123 e. The average molecular weight is 344 g/mol. The Kier molecular flexibility index (Phi) is 3.76. The van der Waals surface area contributed by atoms with E-state index >= 15 is 0 Å². The molecule has 120 valence electrons. The van der Waals surface area contributed by atoms with Crippen LogP contribution in [0.1, 0.15) is 5.56 Å². The van der Waals surface area contributed by atoms with Gasteiger partial charge in [-0.25, -0.2) is 4.39 Å². The van der Waals surface area contributed by atoms with Crippen molar-refractivity contribution < 1.29 is 9.50 Å². The Hall–Kier alpha value is -3.09. The van der Waals surface area contributed by atoms with Crippen LogP contribution in [-0.2, 0) is 0 Å². The number of benzene rings is 3. The van der Waals surface area contributed by atoms with E-state index in [1.165, 1.54) is 12.1 Å². The highest BCUT2D eigenvalue weighted by Gasteiger charge is 2.16. The van der Waals surface area contributed by atoms with Crippen LogP contribution in [0.4, 0.5) is 4.39 Å². The molecule has 3 aromatic carbocycles. The van der Waals surface area contributed by atoms with Gasteiger partial charge in [-0.05, 0) is 53.6 Å². The molecule has 1 nitrogen and oxygen atoms in total. The van der Waals surface area contributed by atoms with E-state index in [4.69, 9.17) is 6.42 Å². The predicted molar refractivity (Wildman–Crippen MR) is 102 cm³/mol. The summed E-state index contributed by atoms with van der Waals surface area (Å²) in [5.41, 5.74) is 3.84. The first-order valence-electron chi connectivity index (χ1n) is 7.74. The molecule has 1 heterocycles. The normalized spacial score (nSPS) is 10.7. The molecule has 0 unspecified atom stereocenters. The summed E-state index contributed by atoms with van der Waals surface area (Å²) < 4.78 is 14.3. The first-order chi connectivity index (χ1) is 12.2. The number of rotatable bonds is 2. The lowest BCUT2D eigenvalue weighted by molar-refractivity contribution is 0.476. The van der Waals surface area contributed by atoms with Gasteiger partial charge in [0.15, 0.2) is 0 Å². The maximum absolute atomic E-state index is 13.4. The van der Waals surface area contributed by atoms with Gasteiger partial charge in [-0.2, -0.15) is 0 Å². The minimum Gasteiger partial charge on any atom is -0.508 e. The first kappa shape index (κ1) is 15.4. The van der Waals surface area contributed by atoms with E-state index in [-0.39, 0.29) is 11.6 Å². The summed E-state index contributed by atoms with van der Waals surface area (Å²) in [5, 5.41) is 10.8. The van der Waals surface area contributed by atoms with Crippen LogP contribution in [0.3, 0.4) is 0 Å². The molecule has 1 aromatic heterocycles. The molecule has 0 saturated carbocycles. The van der Waals surface area contributed by atoms with Crippen molar-refractivity contribution in [3.05, 3.63) is 78.1 Å². The standard InChI is InChI=1S/C22H13FOS/c1-2-14-3-5-16(6-4-14)22-21(15-7-9-17(23)10-8-15)19-12-11-18(24)13-20(19)25-22/h1,3-13,24H. The second kappa shape index (κ2) is 6.08. The van der Waals surface area contributed by atoms with E-state index in [0.717, 1.165) is 37.2 Å². The molecule has 0 bridgehead atoms. The fourth-order valence-corrected chi connectivity index (χ4v) is 4.17. The van der Waals surface area contributed by atoms with Crippen molar-refractivity contribution >= 4 is 21.4 Å². The van der Waals surface area contributed by atoms with Gasteiger partial charge in [0.2, 0.25) is 0 Å². The monoisotopic (exact) mass is 344 g/mol. The van der Waals surface area contributed by atoms with E-state index < -0.39 is 0 Å². The summed E-state index contributed by atoms with van der Waals surface area (Å²) in [7, 11) is 0.